The Bertz CT molecular complexity index is 914. The Morgan fingerprint density at radius 3 is 2.65 bits per heavy atom. The minimum Gasteiger partial charge on any atom is -0.455 e. The van der Waals surface area contributed by atoms with E-state index in [0.29, 0.717) is 17.1 Å². The molecule has 3 aromatic rings. The Morgan fingerprint density at radius 2 is 2.00 bits per heavy atom. The van der Waals surface area contributed by atoms with Crippen molar-refractivity contribution in [3.63, 3.8) is 0 Å². The largest absolute Gasteiger partial charge is 0.455 e. The fourth-order valence-corrected chi connectivity index (χ4v) is 2.26. The average molecular weight is 333 g/mol. The molecule has 0 aliphatic heterocycles. The topological polar surface area (TPSA) is 152 Å². The third-order valence-electron chi connectivity index (χ3n) is 2.80. The number of rotatable bonds is 5. The second-order valence-corrected chi connectivity index (χ2v) is 5.94. The molecule has 4 N–H and O–H groups in total. The molecule has 11 heteroatoms. The van der Waals surface area contributed by atoms with Crippen LogP contribution < -0.4 is 10.6 Å². The summed E-state index contributed by atoms with van der Waals surface area (Å²) in [5, 5.41) is 21.9. The summed E-state index contributed by atoms with van der Waals surface area (Å²) in [6, 6.07) is 9.50. The fraction of sp³-hybridized carbons (Fsp3) is 0. The van der Waals surface area contributed by atoms with E-state index >= 15 is 0 Å². The lowest BCUT2D eigenvalue weighted by molar-refractivity contribution is 0.575. The van der Waals surface area contributed by atoms with Crippen LogP contribution in [0.15, 0.2) is 50.8 Å². The molecule has 10 nitrogen and oxygen atoms in total. The van der Waals surface area contributed by atoms with Gasteiger partial charge in [0.2, 0.25) is 10.0 Å². The Morgan fingerprint density at radius 1 is 1.22 bits per heavy atom. The Balaban J connectivity index is 1.72. The third kappa shape index (κ3) is 3.59. The van der Waals surface area contributed by atoms with Crippen molar-refractivity contribution >= 4 is 22.2 Å². The number of nitrogens with one attached hydrogen (secondary N) is 2. The van der Waals surface area contributed by atoms with E-state index in [0.717, 1.165) is 0 Å². The molecule has 0 atom stereocenters. The molecule has 0 amide bonds. The van der Waals surface area contributed by atoms with Crippen LogP contribution in [0.3, 0.4) is 0 Å². The van der Waals surface area contributed by atoms with Crippen LogP contribution in [-0.4, -0.2) is 35.3 Å². The zero-order valence-corrected chi connectivity index (χ0v) is 12.4. The molecule has 0 aliphatic rings. The van der Waals surface area contributed by atoms with Gasteiger partial charge in [0.05, 0.1) is 11.1 Å². The number of sulfonamides is 1. The number of aromatic amines is 1. The molecule has 23 heavy (non-hydrogen) atoms. The van der Waals surface area contributed by atoms with Crippen LogP contribution in [0.25, 0.3) is 11.3 Å². The molecule has 0 spiro atoms. The van der Waals surface area contributed by atoms with Gasteiger partial charge in [0.15, 0.2) is 0 Å². The van der Waals surface area contributed by atoms with Crippen molar-refractivity contribution in [1.29, 1.82) is 0 Å². The van der Waals surface area contributed by atoms with Crippen LogP contribution in [0.4, 0.5) is 5.95 Å². The van der Waals surface area contributed by atoms with Gasteiger partial charge in [0.25, 0.3) is 5.95 Å². The van der Waals surface area contributed by atoms with Crippen molar-refractivity contribution in [1.82, 2.24) is 20.6 Å². The SMILES string of the molecule is NS(=O)(=O)c1ccc(-c2ccc(C=NNc3nn[nH]n3)o2)cc1. The smallest absolute Gasteiger partial charge is 0.283 e. The number of hydrogen-bond acceptors (Lipinski definition) is 8. The monoisotopic (exact) mass is 333 g/mol. The van der Waals surface area contributed by atoms with Gasteiger partial charge >= 0.3 is 0 Å². The van der Waals surface area contributed by atoms with Crippen LogP contribution >= 0.6 is 0 Å². The number of benzene rings is 1. The van der Waals surface area contributed by atoms with Crippen LogP contribution in [0.2, 0.25) is 0 Å². The number of tetrazole rings is 1. The van der Waals surface area contributed by atoms with E-state index in [1.807, 2.05) is 0 Å². The summed E-state index contributed by atoms with van der Waals surface area (Å²) in [5.74, 6) is 1.28. The number of anilines is 1. The molecule has 2 aromatic heterocycles. The summed E-state index contributed by atoms with van der Waals surface area (Å²) in [7, 11) is -3.71. The molecule has 0 fully saturated rings. The van der Waals surface area contributed by atoms with Crippen LogP contribution in [0.1, 0.15) is 5.76 Å². The zero-order valence-electron chi connectivity index (χ0n) is 11.5. The minimum atomic E-state index is -3.71. The van der Waals surface area contributed by atoms with E-state index in [-0.39, 0.29) is 10.8 Å². The third-order valence-corrected chi connectivity index (χ3v) is 3.73. The molecule has 118 valence electrons. The highest BCUT2D eigenvalue weighted by Crippen LogP contribution is 2.22. The van der Waals surface area contributed by atoms with E-state index in [1.54, 1.807) is 24.3 Å². The van der Waals surface area contributed by atoms with Gasteiger partial charge in [-0.05, 0) is 41.6 Å². The van der Waals surface area contributed by atoms with Gasteiger partial charge in [-0.2, -0.15) is 10.3 Å². The average Bonchev–Trinajstić information content (AvgIpc) is 3.18. The normalized spacial score (nSPS) is 11.9. The Hall–Kier alpha value is -3.05. The van der Waals surface area contributed by atoms with Gasteiger partial charge in [-0.15, -0.1) is 5.10 Å². The Kier molecular flexibility index (Phi) is 3.87. The number of aromatic nitrogens is 4. The van der Waals surface area contributed by atoms with E-state index in [2.05, 4.69) is 31.2 Å². The van der Waals surface area contributed by atoms with Crippen LogP contribution in [0.5, 0.6) is 0 Å². The summed E-state index contributed by atoms with van der Waals surface area (Å²) in [6.07, 6.45) is 1.44. The summed E-state index contributed by atoms with van der Waals surface area (Å²) < 4.78 is 28.0. The lowest BCUT2D eigenvalue weighted by Gasteiger charge is -2.00. The van der Waals surface area contributed by atoms with Gasteiger partial charge in [0, 0.05) is 5.56 Å². The number of hydrazone groups is 1. The van der Waals surface area contributed by atoms with E-state index in [1.165, 1.54) is 18.3 Å². The minimum absolute atomic E-state index is 0.0407. The fourth-order valence-electron chi connectivity index (χ4n) is 1.75. The molecule has 0 saturated heterocycles. The second kappa shape index (κ2) is 5.98. The van der Waals surface area contributed by atoms with Crippen LogP contribution in [-0.2, 0) is 10.0 Å². The zero-order chi connectivity index (χ0) is 16.3. The molecule has 1 aromatic carbocycles. The summed E-state index contributed by atoms with van der Waals surface area (Å²) in [5.41, 5.74) is 3.27. The number of hydrogen-bond donors (Lipinski definition) is 3. The maximum absolute atomic E-state index is 11.2. The highest BCUT2D eigenvalue weighted by atomic mass is 32.2. The maximum atomic E-state index is 11.2. The highest BCUT2D eigenvalue weighted by Gasteiger charge is 2.09. The molecule has 0 unspecified atom stereocenters. The van der Waals surface area contributed by atoms with Gasteiger partial charge in [-0.25, -0.2) is 19.0 Å². The first-order valence-corrected chi connectivity index (χ1v) is 7.82. The van der Waals surface area contributed by atoms with Gasteiger partial charge in [-0.3, -0.25) is 0 Å². The first kappa shape index (κ1) is 14.9. The quantitative estimate of drug-likeness (QED) is 0.455. The number of furan rings is 1. The predicted molar refractivity (Wildman–Crippen MR) is 80.9 cm³/mol. The van der Waals surface area contributed by atoms with Crippen molar-refractivity contribution in [2.45, 2.75) is 4.90 Å². The van der Waals surface area contributed by atoms with E-state index in [4.69, 9.17) is 9.56 Å². The second-order valence-electron chi connectivity index (χ2n) is 4.38. The molecule has 0 saturated carbocycles. The number of H-pyrrole nitrogens is 1. The highest BCUT2D eigenvalue weighted by molar-refractivity contribution is 7.89. The lowest BCUT2D eigenvalue weighted by Crippen LogP contribution is -2.11. The van der Waals surface area contributed by atoms with Crippen molar-refractivity contribution in [3.8, 4) is 11.3 Å². The molecule has 0 aliphatic carbocycles. The van der Waals surface area contributed by atoms with Gasteiger partial charge in [-0.1, -0.05) is 5.10 Å². The van der Waals surface area contributed by atoms with Crippen molar-refractivity contribution in [2.24, 2.45) is 10.2 Å². The van der Waals surface area contributed by atoms with E-state index < -0.39 is 10.0 Å². The number of primary sulfonamides is 1. The summed E-state index contributed by atoms with van der Waals surface area (Å²) in [6.45, 7) is 0. The van der Waals surface area contributed by atoms with Crippen LogP contribution in [0, 0.1) is 0 Å². The molecule has 2 heterocycles. The van der Waals surface area contributed by atoms with Crippen molar-refractivity contribution in [2.75, 3.05) is 5.43 Å². The number of nitrogens with two attached hydrogens (primary N) is 1. The Labute approximate surface area is 130 Å². The lowest BCUT2D eigenvalue weighted by atomic mass is 10.2. The molecular weight excluding hydrogens is 322 g/mol. The summed E-state index contributed by atoms with van der Waals surface area (Å²) >= 11 is 0. The predicted octanol–water partition coefficient (Wildman–Crippen LogP) is 0.553. The standard InChI is InChI=1S/C12H11N7O3S/c13-23(20,21)10-4-1-8(2-5-10)11-6-3-9(22-11)7-14-15-12-16-18-19-17-12/h1-7H,(H2,13,20,21)(H2,15,16,17,18,19). The molecular formula is C12H11N7O3S. The first-order valence-electron chi connectivity index (χ1n) is 6.28. The number of nitrogens with zero attached hydrogens (tertiary/aromatic N) is 4. The van der Waals surface area contributed by atoms with E-state index in [9.17, 15) is 8.42 Å². The van der Waals surface area contributed by atoms with Gasteiger partial charge in [0.1, 0.15) is 11.5 Å². The van der Waals surface area contributed by atoms with Gasteiger partial charge < -0.3 is 4.42 Å². The summed E-state index contributed by atoms with van der Waals surface area (Å²) in [4.78, 5) is 0.0407. The molecule has 0 radical (unpaired) electrons. The van der Waals surface area contributed by atoms with Crippen molar-refractivity contribution in [3.05, 3.63) is 42.2 Å². The maximum Gasteiger partial charge on any atom is 0.283 e. The first-order chi connectivity index (χ1) is 11.0. The van der Waals surface area contributed by atoms with Crippen molar-refractivity contribution < 1.29 is 12.8 Å². The molecule has 0 bridgehead atoms. The molecule has 3 rings (SSSR count).